The Morgan fingerprint density at radius 2 is 0.614 bits per heavy atom. The first-order valence-electron chi connectivity index (χ1n) is 42.4. The van der Waals surface area contributed by atoms with Gasteiger partial charge in [0.25, 0.3) is 0 Å². The lowest BCUT2D eigenvalue weighted by Gasteiger charge is -2.48. The Balaban J connectivity index is 1.33. The van der Waals surface area contributed by atoms with Crippen LogP contribution in [-0.4, -0.2) is 193 Å². The van der Waals surface area contributed by atoms with Crippen molar-refractivity contribution in [2.24, 2.45) is 0 Å². The van der Waals surface area contributed by atoms with Gasteiger partial charge in [-0.15, -0.1) is 0 Å². The SMILES string of the molecule is CCCCCCCCCCCCCCCCCCCCC/C=C/C(O)C(COC1OC(CO)C(OC2OC(CO)C(OC3OC(CO)C(O)C(O)C3O)C(O)C2O)C(O)C1O)NC(=O)CCCCCCCCCCCCCCCCCCCCCCCCCCCCCCCCCCCCC. The highest BCUT2D eigenvalue weighted by Gasteiger charge is 2.54. The summed E-state index contributed by atoms with van der Waals surface area (Å²) in [5.74, 6) is -0.266. The fourth-order valence-electron chi connectivity index (χ4n) is 14.8. The zero-order valence-corrected chi connectivity index (χ0v) is 64.2. The zero-order chi connectivity index (χ0) is 73.2. The molecule has 1 amide bonds. The maximum Gasteiger partial charge on any atom is 0.220 e. The van der Waals surface area contributed by atoms with Gasteiger partial charge in [0.05, 0.1) is 38.6 Å². The van der Waals surface area contributed by atoms with E-state index in [2.05, 4.69) is 19.2 Å². The number of rotatable bonds is 69. The minimum absolute atomic E-state index is 0.250. The molecule has 0 radical (unpaired) electrons. The zero-order valence-electron chi connectivity index (χ0n) is 64.2. The number of amides is 1. The third-order valence-corrected chi connectivity index (χ3v) is 21.6. The van der Waals surface area contributed by atoms with Crippen molar-refractivity contribution in [3.05, 3.63) is 12.2 Å². The van der Waals surface area contributed by atoms with E-state index in [0.29, 0.717) is 6.42 Å². The summed E-state index contributed by atoms with van der Waals surface area (Å²) in [6, 6.07) is -0.970. The first-order chi connectivity index (χ1) is 49.3. The van der Waals surface area contributed by atoms with Gasteiger partial charge in [-0.05, 0) is 19.3 Å². The van der Waals surface area contributed by atoms with Gasteiger partial charge in [0, 0.05) is 6.42 Å². The molecular formula is C82H157NO18. The van der Waals surface area contributed by atoms with Gasteiger partial charge in [-0.25, -0.2) is 0 Å². The fourth-order valence-corrected chi connectivity index (χ4v) is 14.8. The summed E-state index contributed by atoms with van der Waals surface area (Å²) in [5, 5.41) is 121. The fraction of sp³-hybridized carbons (Fsp3) is 0.963. The topological polar surface area (TPSA) is 307 Å². The Morgan fingerprint density at radius 3 is 0.931 bits per heavy atom. The van der Waals surface area contributed by atoms with Gasteiger partial charge in [0.2, 0.25) is 5.91 Å². The van der Waals surface area contributed by atoms with E-state index in [-0.39, 0.29) is 18.9 Å². The summed E-state index contributed by atoms with van der Waals surface area (Å²) in [4.78, 5) is 13.5. The molecule has 12 N–H and O–H groups in total. The van der Waals surface area contributed by atoms with Crippen LogP contribution in [0.1, 0.15) is 373 Å². The van der Waals surface area contributed by atoms with Gasteiger partial charge in [-0.3, -0.25) is 4.79 Å². The summed E-state index contributed by atoms with van der Waals surface area (Å²) >= 11 is 0. The van der Waals surface area contributed by atoms with Gasteiger partial charge in [-0.2, -0.15) is 0 Å². The second-order valence-electron chi connectivity index (χ2n) is 30.7. The summed E-state index contributed by atoms with van der Waals surface area (Å²) < 4.78 is 34.5. The summed E-state index contributed by atoms with van der Waals surface area (Å²) in [6.07, 6.45) is 49.3. The molecule has 17 atom stereocenters. The standard InChI is InChI=1S/C82H157NO18/c1-3-5-7-9-11-13-15-17-19-21-23-25-26-27-28-29-30-31-32-33-34-35-36-37-38-40-42-44-46-48-50-52-54-56-58-60-70(88)83-65(66(87)59-57-55-53-51-49-47-45-43-41-39-24-22-20-18-16-14-12-10-8-6-4-2)64-96-80-76(94)73(91)78(68(62-85)98-80)101-82-77(95)74(92)79(69(63-86)99-82)100-81-75(93)72(90)71(89)67(61-84)97-81/h57,59,65-69,71-82,84-87,89-95H,3-56,58,60-64H2,1-2H3,(H,83,88)/b59-57+. The lowest BCUT2D eigenvalue weighted by atomic mass is 9.96. The smallest absolute Gasteiger partial charge is 0.220 e. The summed E-state index contributed by atoms with van der Waals surface area (Å²) in [7, 11) is 0. The molecule has 101 heavy (non-hydrogen) atoms. The van der Waals surface area contributed by atoms with Crippen LogP contribution >= 0.6 is 0 Å². The van der Waals surface area contributed by atoms with E-state index in [4.69, 9.17) is 28.4 Å². The molecule has 17 unspecified atom stereocenters. The van der Waals surface area contributed by atoms with Crippen LogP contribution in [0, 0.1) is 0 Å². The minimum Gasteiger partial charge on any atom is -0.394 e. The number of carbonyl (C=O) groups is 1. The quantitative estimate of drug-likeness (QED) is 0.0199. The predicted octanol–water partition coefficient (Wildman–Crippen LogP) is 14.7. The largest absolute Gasteiger partial charge is 0.394 e. The Bertz CT molecular complexity index is 1870. The van der Waals surface area contributed by atoms with Crippen molar-refractivity contribution in [2.75, 3.05) is 26.4 Å². The predicted molar refractivity (Wildman–Crippen MR) is 402 cm³/mol. The van der Waals surface area contributed by atoms with Crippen LogP contribution in [0.2, 0.25) is 0 Å². The number of aliphatic hydroxyl groups is 11. The molecule has 3 rings (SSSR count). The van der Waals surface area contributed by atoms with Crippen molar-refractivity contribution in [1.82, 2.24) is 5.32 Å². The number of carbonyl (C=O) groups excluding carboxylic acids is 1. The van der Waals surface area contributed by atoms with Crippen LogP contribution in [0.5, 0.6) is 0 Å². The van der Waals surface area contributed by atoms with Crippen LogP contribution in [0.25, 0.3) is 0 Å². The minimum atomic E-state index is -1.98. The van der Waals surface area contributed by atoms with Crippen LogP contribution < -0.4 is 5.32 Å². The van der Waals surface area contributed by atoms with Crippen molar-refractivity contribution in [3.8, 4) is 0 Å². The number of allylic oxidation sites excluding steroid dienone is 1. The van der Waals surface area contributed by atoms with E-state index in [1.165, 1.54) is 302 Å². The van der Waals surface area contributed by atoms with Crippen molar-refractivity contribution < 1.29 is 89.4 Å². The van der Waals surface area contributed by atoms with Gasteiger partial charge < -0.3 is 89.9 Å². The number of hydrogen-bond acceptors (Lipinski definition) is 18. The molecule has 598 valence electrons. The Labute approximate surface area is 614 Å². The van der Waals surface area contributed by atoms with E-state index in [9.17, 15) is 61.0 Å². The molecule has 0 saturated carbocycles. The van der Waals surface area contributed by atoms with E-state index in [1.807, 2.05) is 6.08 Å². The lowest BCUT2D eigenvalue weighted by Crippen LogP contribution is -2.66. The van der Waals surface area contributed by atoms with Gasteiger partial charge in [0.1, 0.15) is 73.2 Å². The number of hydrogen-bond donors (Lipinski definition) is 12. The van der Waals surface area contributed by atoms with Crippen LogP contribution in [-0.2, 0) is 33.2 Å². The molecule has 0 spiro atoms. The van der Waals surface area contributed by atoms with Gasteiger partial charge >= 0.3 is 0 Å². The molecule has 0 bridgehead atoms. The third kappa shape index (κ3) is 43.3. The first-order valence-corrected chi connectivity index (χ1v) is 42.4. The van der Waals surface area contributed by atoms with Gasteiger partial charge in [-0.1, -0.05) is 360 Å². The Morgan fingerprint density at radius 1 is 0.347 bits per heavy atom. The number of ether oxygens (including phenoxy) is 6. The molecule has 0 aromatic heterocycles. The molecule has 0 aliphatic carbocycles. The molecule has 19 heteroatoms. The number of nitrogens with one attached hydrogen (secondary N) is 1. The molecular weight excluding hydrogens is 1290 g/mol. The molecule has 0 aromatic rings. The highest BCUT2D eigenvalue weighted by atomic mass is 16.8. The maximum atomic E-state index is 13.5. The molecule has 3 heterocycles. The monoisotopic (exact) mass is 1440 g/mol. The lowest BCUT2D eigenvalue weighted by molar-refractivity contribution is -0.379. The van der Waals surface area contributed by atoms with Crippen LogP contribution in [0.3, 0.4) is 0 Å². The first kappa shape index (κ1) is 93.7. The van der Waals surface area contributed by atoms with Gasteiger partial charge in [0.15, 0.2) is 18.9 Å². The van der Waals surface area contributed by atoms with Crippen molar-refractivity contribution in [3.63, 3.8) is 0 Å². The number of unbranched alkanes of at least 4 members (excludes halogenated alkanes) is 53. The van der Waals surface area contributed by atoms with E-state index < -0.39 is 124 Å². The molecule has 3 saturated heterocycles. The highest BCUT2D eigenvalue weighted by Crippen LogP contribution is 2.33. The summed E-state index contributed by atoms with van der Waals surface area (Å²) in [6.45, 7) is 1.81. The average molecular weight is 1450 g/mol. The van der Waals surface area contributed by atoms with Crippen molar-refractivity contribution in [2.45, 2.75) is 478 Å². The van der Waals surface area contributed by atoms with Crippen LogP contribution in [0.4, 0.5) is 0 Å². The molecule has 3 fully saturated rings. The Hall–Kier alpha value is -1.47. The Kier molecular flexibility index (Phi) is 58.9. The molecule has 19 nitrogen and oxygen atoms in total. The van der Waals surface area contributed by atoms with Crippen molar-refractivity contribution >= 4 is 5.91 Å². The molecule has 3 aliphatic heterocycles. The van der Waals surface area contributed by atoms with Crippen LogP contribution in [0.15, 0.2) is 12.2 Å². The molecule has 0 aromatic carbocycles. The third-order valence-electron chi connectivity index (χ3n) is 21.6. The normalized spacial score (nSPS) is 26.3. The van der Waals surface area contributed by atoms with E-state index in [1.54, 1.807) is 6.08 Å². The second-order valence-corrected chi connectivity index (χ2v) is 30.7. The van der Waals surface area contributed by atoms with Crippen molar-refractivity contribution in [1.29, 1.82) is 0 Å². The second kappa shape index (κ2) is 63.5. The number of aliphatic hydroxyl groups excluding tert-OH is 11. The maximum absolute atomic E-state index is 13.5. The molecule has 3 aliphatic rings. The highest BCUT2D eigenvalue weighted by molar-refractivity contribution is 5.76. The average Bonchev–Trinajstić information content (AvgIpc) is 0.797. The summed E-state index contributed by atoms with van der Waals surface area (Å²) in [5.41, 5.74) is 0. The van der Waals surface area contributed by atoms with E-state index >= 15 is 0 Å². The van der Waals surface area contributed by atoms with E-state index in [0.717, 1.165) is 44.9 Å².